The zero-order chi connectivity index (χ0) is 38.9. The van der Waals surface area contributed by atoms with Crippen molar-refractivity contribution in [3.8, 4) is 41.0 Å². The Morgan fingerprint density at radius 2 is 1.61 bits per heavy atom. The molecule has 56 heavy (non-hydrogen) atoms. The summed E-state index contributed by atoms with van der Waals surface area (Å²) in [5, 5.41) is 16.9. The normalized spacial score (nSPS) is 20.9. The van der Waals surface area contributed by atoms with Crippen molar-refractivity contribution in [1.29, 1.82) is 5.26 Å². The van der Waals surface area contributed by atoms with Crippen LogP contribution in [-0.4, -0.2) is 63.0 Å². The van der Waals surface area contributed by atoms with E-state index in [1.807, 2.05) is 35.0 Å². The summed E-state index contributed by atoms with van der Waals surface area (Å²) in [6, 6.07) is 21.2. The molecule has 10 heteroatoms. The zero-order valence-electron chi connectivity index (χ0n) is 31.7. The molecular formula is C46H43ClN6O3. The maximum atomic E-state index is 13.2. The smallest absolute Gasteiger partial charge is 0.255 e. The van der Waals surface area contributed by atoms with Crippen LogP contribution in [0.5, 0.6) is 0 Å². The number of aromatic nitrogens is 2. The summed E-state index contributed by atoms with van der Waals surface area (Å²) in [4.78, 5) is 41.2. The Bertz CT molecular complexity index is 2390. The largest absolute Gasteiger partial charge is 0.322 e. The van der Waals surface area contributed by atoms with Gasteiger partial charge in [-0.25, -0.2) is 0 Å². The van der Waals surface area contributed by atoms with E-state index in [4.69, 9.17) is 16.7 Å². The van der Waals surface area contributed by atoms with E-state index in [1.54, 1.807) is 11.0 Å². The molecule has 1 atom stereocenters. The predicted molar refractivity (Wildman–Crippen MR) is 214 cm³/mol. The van der Waals surface area contributed by atoms with Crippen molar-refractivity contribution < 1.29 is 14.4 Å². The van der Waals surface area contributed by atoms with Crippen LogP contribution in [0.15, 0.2) is 60.7 Å². The molecule has 0 unspecified atom stereocenters. The molecule has 9 nitrogen and oxygen atoms in total. The molecule has 3 aromatic carbocycles. The van der Waals surface area contributed by atoms with Gasteiger partial charge in [-0.3, -0.25) is 24.4 Å². The minimum atomic E-state index is -0.607. The van der Waals surface area contributed by atoms with Crippen molar-refractivity contribution >= 4 is 29.3 Å². The van der Waals surface area contributed by atoms with E-state index >= 15 is 0 Å². The van der Waals surface area contributed by atoms with Crippen LogP contribution in [0.3, 0.4) is 0 Å². The molecule has 0 radical (unpaired) electrons. The fraction of sp³-hybridized carbons (Fsp3) is 0.370. The van der Waals surface area contributed by atoms with E-state index in [1.165, 1.54) is 12.8 Å². The number of nitriles is 1. The Balaban J connectivity index is 0.774. The first-order chi connectivity index (χ1) is 27.1. The van der Waals surface area contributed by atoms with Crippen LogP contribution in [0.4, 0.5) is 0 Å². The molecule has 3 fully saturated rings. The molecule has 4 heterocycles. The number of benzene rings is 3. The van der Waals surface area contributed by atoms with Gasteiger partial charge in [-0.2, -0.15) is 10.4 Å². The van der Waals surface area contributed by atoms with Gasteiger partial charge in [0.1, 0.15) is 12.1 Å². The third-order valence-corrected chi connectivity index (χ3v) is 12.2. The van der Waals surface area contributed by atoms with Crippen molar-refractivity contribution in [2.24, 2.45) is 17.8 Å². The molecule has 1 N–H and O–H groups in total. The number of amides is 3. The molecular weight excluding hydrogens is 720 g/mol. The Hall–Kier alpha value is -5.66. The number of likely N-dealkylation sites (tertiary alicyclic amines) is 1. The molecule has 0 bridgehead atoms. The van der Waals surface area contributed by atoms with Gasteiger partial charge in [0.15, 0.2) is 0 Å². The van der Waals surface area contributed by atoms with Gasteiger partial charge in [0.25, 0.3) is 5.91 Å². The molecule has 2 saturated heterocycles. The summed E-state index contributed by atoms with van der Waals surface area (Å²) in [5.74, 6) is 14.3. The minimum absolute atomic E-state index is 0.167. The van der Waals surface area contributed by atoms with Crippen molar-refractivity contribution in [2.75, 3.05) is 19.6 Å². The number of piperidine rings is 1. The Morgan fingerprint density at radius 1 is 0.875 bits per heavy atom. The molecule has 282 valence electrons. The number of fused-ring (bicyclic) bond motifs is 1. The summed E-state index contributed by atoms with van der Waals surface area (Å²) in [6.45, 7) is 8.24. The lowest BCUT2D eigenvalue weighted by Crippen LogP contribution is -2.52. The number of hydrogen-bond acceptors (Lipinski definition) is 6. The van der Waals surface area contributed by atoms with Crippen molar-refractivity contribution in [1.82, 2.24) is 24.9 Å². The average molecular weight is 763 g/mol. The Morgan fingerprint density at radius 3 is 2.34 bits per heavy atom. The summed E-state index contributed by atoms with van der Waals surface area (Å²) >= 11 is 6.30. The summed E-state index contributed by atoms with van der Waals surface area (Å²) in [5.41, 5.74) is 8.93. The van der Waals surface area contributed by atoms with Gasteiger partial charge in [0, 0.05) is 72.4 Å². The topological polar surface area (TPSA) is 111 Å². The van der Waals surface area contributed by atoms with Gasteiger partial charge < -0.3 is 9.80 Å². The average Bonchev–Trinajstić information content (AvgIpc) is 3.66. The maximum absolute atomic E-state index is 13.2. The van der Waals surface area contributed by atoms with Gasteiger partial charge in [-0.05, 0) is 105 Å². The van der Waals surface area contributed by atoms with Crippen LogP contribution in [0.1, 0.15) is 88.0 Å². The number of nitrogens with one attached hydrogen (secondary N) is 1. The van der Waals surface area contributed by atoms with Crippen molar-refractivity contribution in [2.45, 2.75) is 71.5 Å². The van der Waals surface area contributed by atoms with Crippen LogP contribution < -0.4 is 5.32 Å². The van der Waals surface area contributed by atoms with Crippen molar-refractivity contribution in [3.63, 3.8) is 0 Å². The maximum Gasteiger partial charge on any atom is 0.255 e. The van der Waals surface area contributed by atoms with E-state index in [2.05, 4.69) is 78.1 Å². The highest BCUT2D eigenvalue weighted by molar-refractivity contribution is 6.32. The second kappa shape index (κ2) is 15.8. The highest BCUT2D eigenvalue weighted by atomic mass is 35.5. The second-order valence-corrected chi connectivity index (χ2v) is 16.1. The number of rotatable bonds is 6. The SMILES string of the molecule is Cc1c(-c2ccc(C#N)c(Cl)c2)nn(Cc2ccc(C#CC3CCC(CN4CC(C#Cc5ccc6c(c5)C(=O)N([C@H]5CCC(=O)NC5=O)C6)C4)CC3)cc2)c1C. The second-order valence-electron chi connectivity index (χ2n) is 15.7. The van der Waals surface area contributed by atoms with Crippen LogP contribution in [0, 0.1) is 66.6 Å². The predicted octanol–water partition coefficient (Wildman–Crippen LogP) is 6.64. The fourth-order valence-electron chi connectivity index (χ4n) is 8.35. The number of halogens is 1. The number of carbonyl (C=O) groups excluding carboxylic acids is 3. The first-order valence-electron chi connectivity index (χ1n) is 19.5. The van der Waals surface area contributed by atoms with E-state index in [-0.39, 0.29) is 18.2 Å². The molecule has 0 spiro atoms. The lowest BCUT2D eigenvalue weighted by Gasteiger charge is -2.40. The van der Waals surface area contributed by atoms with E-state index in [9.17, 15) is 19.6 Å². The van der Waals surface area contributed by atoms with E-state index in [0.717, 1.165) is 77.2 Å². The first-order valence-corrected chi connectivity index (χ1v) is 19.9. The fourth-order valence-corrected chi connectivity index (χ4v) is 8.57. The Labute approximate surface area is 333 Å². The first kappa shape index (κ1) is 37.3. The Kier molecular flexibility index (Phi) is 10.5. The number of nitrogens with zero attached hydrogens (tertiary/aromatic N) is 5. The lowest BCUT2D eigenvalue weighted by molar-refractivity contribution is -0.136. The number of carbonyl (C=O) groups is 3. The molecule has 4 aliphatic rings. The van der Waals surface area contributed by atoms with Gasteiger partial charge in [0.05, 0.1) is 22.8 Å². The van der Waals surface area contributed by atoms with Crippen LogP contribution in [-0.2, 0) is 22.7 Å². The zero-order valence-corrected chi connectivity index (χ0v) is 32.5. The van der Waals surface area contributed by atoms with Gasteiger partial charge in [-0.15, -0.1) is 0 Å². The minimum Gasteiger partial charge on any atom is -0.322 e. The van der Waals surface area contributed by atoms with Crippen LogP contribution in [0.25, 0.3) is 11.3 Å². The molecule has 1 saturated carbocycles. The molecule has 4 aromatic rings. The van der Waals surface area contributed by atoms with E-state index < -0.39 is 11.9 Å². The number of hydrogen-bond donors (Lipinski definition) is 1. The highest BCUT2D eigenvalue weighted by Gasteiger charge is 2.39. The summed E-state index contributed by atoms with van der Waals surface area (Å²) < 4.78 is 2.02. The molecule has 1 aliphatic carbocycles. The van der Waals surface area contributed by atoms with E-state index in [0.29, 0.717) is 53.4 Å². The molecule has 3 amide bonds. The number of imide groups is 1. The van der Waals surface area contributed by atoms with Crippen molar-refractivity contribution in [3.05, 3.63) is 110 Å². The summed E-state index contributed by atoms with van der Waals surface area (Å²) in [6.07, 6.45) is 5.27. The standard InChI is InChI=1S/C46H43ClN6O3/c1-29-30(2)53(50-44(29)37-17-18-38(23-48)41(47)22-37)27-35-12-7-32(8-13-35)4-3-31-5-10-34(11-6-31)24-51-25-36(26-51)14-9-33-15-16-39-28-52(46(56)40(39)21-33)42-19-20-43(54)49-45(42)55/h7-8,12-13,15-18,21-22,31,34,36,42H,5-6,10-11,19-20,24-28H2,1-2H3,(H,49,54,55)/t31?,34?,42-/m0/s1. The van der Waals surface area contributed by atoms with Gasteiger partial charge in [-0.1, -0.05) is 59.5 Å². The third-order valence-electron chi connectivity index (χ3n) is 11.8. The van der Waals surface area contributed by atoms with Gasteiger partial charge in [0.2, 0.25) is 11.8 Å². The third kappa shape index (κ3) is 7.87. The molecule has 1 aromatic heterocycles. The quantitative estimate of drug-likeness (QED) is 0.174. The molecule has 8 rings (SSSR count). The van der Waals surface area contributed by atoms with Crippen LogP contribution >= 0.6 is 11.6 Å². The van der Waals surface area contributed by atoms with Gasteiger partial charge >= 0.3 is 0 Å². The summed E-state index contributed by atoms with van der Waals surface area (Å²) in [7, 11) is 0. The molecule has 3 aliphatic heterocycles. The monoisotopic (exact) mass is 762 g/mol. The van der Waals surface area contributed by atoms with Crippen LogP contribution in [0.2, 0.25) is 5.02 Å². The lowest BCUT2D eigenvalue weighted by atomic mass is 9.81. The highest BCUT2D eigenvalue weighted by Crippen LogP contribution is 2.32.